The normalized spacial score (nSPS) is 12.9. The highest BCUT2D eigenvalue weighted by Gasteiger charge is 2.32. The van der Waals surface area contributed by atoms with E-state index in [9.17, 15) is 14.4 Å². The van der Waals surface area contributed by atoms with E-state index in [0.29, 0.717) is 33.9 Å². The number of aromatic nitrogens is 2. The van der Waals surface area contributed by atoms with Crippen LogP contribution in [0.1, 0.15) is 33.6 Å². The number of nitrogens with one attached hydrogen (secondary N) is 1. The summed E-state index contributed by atoms with van der Waals surface area (Å²) in [6.07, 6.45) is 0.509. The van der Waals surface area contributed by atoms with Crippen molar-refractivity contribution in [2.24, 2.45) is 0 Å². The Morgan fingerprint density at radius 3 is 2.28 bits per heavy atom. The highest BCUT2D eigenvalue weighted by atomic mass is 32.1. The molecule has 158 valence electrons. The summed E-state index contributed by atoms with van der Waals surface area (Å²) in [5, 5.41) is 4.72. The van der Waals surface area contributed by atoms with Crippen molar-refractivity contribution in [3.05, 3.63) is 77.9 Å². The molecule has 1 N–H and O–H groups in total. The predicted molar refractivity (Wildman–Crippen MR) is 123 cm³/mol. The zero-order valence-electron chi connectivity index (χ0n) is 16.9. The molecular formula is C24H18N4O3S. The van der Waals surface area contributed by atoms with Gasteiger partial charge in [-0.1, -0.05) is 54.6 Å². The molecule has 4 aromatic rings. The summed E-state index contributed by atoms with van der Waals surface area (Å²) in [5.41, 5.74) is 1.91. The molecule has 32 heavy (non-hydrogen) atoms. The summed E-state index contributed by atoms with van der Waals surface area (Å²) < 4.78 is 4.27. The van der Waals surface area contributed by atoms with Gasteiger partial charge in [0.1, 0.15) is 0 Å². The lowest BCUT2D eigenvalue weighted by molar-refractivity contribution is -0.116. The lowest BCUT2D eigenvalue weighted by atomic mass is 9.94. The molecule has 1 aromatic heterocycles. The standard InChI is InChI=1S/C24H18N4O3S/c29-19(25-24-26-21(27-32-24)16-7-2-1-3-8-16)13-6-14-28-22(30)17-11-4-9-15-10-5-12-18(20(15)17)23(28)31/h1-5,7-12H,6,13-14H2,(H,25,26,27,29). The molecule has 0 aliphatic carbocycles. The van der Waals surface area contributed by atoms with Crippen LogP contribution in [0.5, 0.6) is 0 Å². The molecule has 0 fully saturated rings. The average Bonchev–Trinajstić information content (AvgIpc) is 3.28. The van der Waals surface area contributed by atoms with Gasteiger partial charge in [0.05, 0.1) is 0 Å². The van der Waals surface area contributed by atoms with E-state index in [4.69, 9.17) is 0 Å². The monoisotopic (exact) mass is 442 g/mol. The highest BCUT2D eigenvalue weighted by molar-refractivity contribution is 7.10. The van der Waals surface area contributed by atoms with Crippen molar-refractivity contribution in [2.45, 2.75) is 12.8 Å². The molecule has 3 aromatic carbocycles. The van der Waals surface area contributed by atoms with Crippen LogP contribution < -0.4 is 5.32 Å². The summed E-state index contributed by atoms with van der Waals surface area (Å²) in [6, 6.07) is 20.4. The number of amides is 3. The number of imide groups is 1. The topological polar surface area (TPSA) is 92.3 Å². The lowest BCUT2D eigenvalue weighted by Crippen LogP contribution is -2.41. The quantitative estimate of drug-likeness (QED) is 0.448. The van der Waals surface area contributed by atoms with Gasteiger partial charge in [-0.3, -0.25) is 19.3 Å². The van der Waals surface area contributed by atoms with Gasteiger partial charge in [0.2, 0.25) is 11.0 Å². The number of anilines is 1. The van der Waals surface area contributed by atoms with E-state index in [1.54, 1.807) is 12.1 Å². The fraction of sp³-hybridized carbons (Fsp3) is 0.125. The Hall–Kier alpha value is -3.91. The fourth-order valence-electron chi connectivity index (χ4n) is 3.84. The Morgan fingerprint density at radius 2 is 1.59 bits per heavy atom. The molecule has 0 saturated carbocycles. The second-order valence-electron chi connectivity index (χ2n) is 7.41. The van der Waals surface area contributed by atoms with E-state index >= 15 is 0 Å². The third-order valence-electron chi connectivity index (χ3n) is 5.35. The first-order valence-corrected chi connectivity index (χ1v) is 11.0. The first kappa shape index (κ1) is 20.0. The molecule has 1 aliphatic rings. The van der Waals surface area contributed by atoms with Gasteiger partial charge in [-0.25, -0.2) is 0 Å². The summed E-state index contributed by atoms with van der Waals surface area (Å²) in [6.45, 7) is 0.168. The van der Waals surface area contributed by atoms with Crippen LogP contribution in [0, 0.1) is 0 Å². The lowest BCUT2D eigenvalue weighted by Gasteiger charge is -2.27. The van der Waals surface area contributed by atoms with Crippen LogP contribution in [-0.4, -0.2) is 38.5 Å². The van der Waals surface area contributed by atoms with Gasteiger partial charge in [0.25, 0.3) is 11.8 Å². The molecular weight excluding hydrogens is 424 g/mol. The van der Waals surface area contributed by atoms with Crippen molar-refractivity contribution in [3.8, 4) is 11.4 Å². The number of carbonyl (C=O) groups excluding carboxylic acids is 3. The van der Waals surface area contributed by atoms with Crippen LogP contribution in [0.4, 0.5) is 5.13 Å². The Balaban J connectivity index is 1.21. The zero-order valence-corrected chi connectivity index (χ0v) is 17.8. The molecule has 0 atom stereocenters. The molecule has 5 rings (SSSR count). The van der Waals surface area contributed by atoms with Crippen molar-refractivity contribution in [1.29, 1.82) is 0 Å². The van der Waals surface area contributed by atoms with Crippen molar-refractivity contribution < 1.29 is 14.4 Å². The van der Waals surface area contributed by atoms with Gasteiger partial charge in [0.15, 0.2) is 5.82 Å². The SMILES string of the molecule is O=C(CCCN1C(=O)c2cccc3cccc(c23)C1=O)Nc1nc(-c2ccccc2)ns1. The summed E-state index contributed by atoms with van der Waals surface area (Å²) in [7, 11) is 0. The molecule has 3 amide bonds. The Bertz CT molecular complexity index is 1300. The summed E-state index contributed by atoms with van der Waals surface area (Å²) in [4.78, 5) is 43.7. The number of nitrogens with zero attached hydrogens (tertiary/aromatic N) is 3. The van der Waals surface area contributed by atoms with Gasteiger partial charge >= 0.3 is 0 Å². The molecule has 0 radical (unpaired) electrons. The van der Waals surface area contributed by atoms with Crippen LogP contribution in [0.3, 0.4) is 0 Å². The summed E-state index contributed by atoms with van der Waals surface area (Å²) >= 11 is 1.11. The van der Waals surface area contributed by atoms with E-state index in [1.807, 2.05) is 54.6 Å². The van der Waals surface area contributed by atoms with Crippen LogP contribution in [-0.2, 0) is 4.79 Å². The van der Waals surface area contributed by atoms with Gasteiger partial charge < -0.3 is 5.32 Å². The van der Waals surface area contributed by atoms with Gasteiger partial charge in [-0.05, 0) is 23.9 Å². The smallest absolute Gasteiger partial charge is 0.261 e. The maximum atomic E-state index is 12.9. The van der Waals surface area contributed by atoms with Gasteiger partial charge in [0, 0.05) is 46.6 Å². The van der Waals surface area contributed by atoms with E-state index in [0.717, 1.165) is 22.5 Å². The molecule has 1 aliphatic heterocycles. The molecule has 7 nitrogen and oxygen atoms in total. The minimum Gasteiger partial charge on any atom is -0.301 e. The maximum Gasteiger partial charge on any atom is 0.261 e. The third-order valence-corrected chi connectivity index (χ3v) is 5.98. The number of rotatable bonds is 6. The predicted octanol–water partition coefficient (Wildman–Crippen LogP) is 4.37. The van der Waals surface area contributed by atoms with Crippen LogP contribution in [0.25, 0.3) is 22.2 Å². The Morgan fingerprint density at radius 1 is 0.906 bits per heavy atom. The van der Waals surface area contributed by atoms with E-state index in [-0.39, 0.29) is 30.7 Å². The number of hydrogen-bond donors (Lipinski definition) is 1. The molecule has 8 heteroatoms. The number of hydrogen-bond acceptors (Lipinski definition) is 6. The molecule has 0 spiro atoms. The molecule has 0 saturated heterocycles. The van der Waals surface area contributed by atoms with E-state index in [1.165, 1.54) is 4.90 Å². The fourth-order valence-corrected chi connectivity index (χ4v) is 4.45. The van der Waals surface area contributed by atoms with Crippen LogP contribution in [0.15, 0.2) is 66.7 Å². The molecule has 0 unspecified atom stereocenters. The van der Waals surface area contributed by atoms with Crippen molar-refractivity contribution >= 4 is 45.2 Å². The number of carbonyl (C=O) groups is 3. The van der Waals surface area contributed by atoms with Crippen LogP contribution >= 0.6 is 11.5 Å². The number of benzene rings is 3. The second kappa shape index (κ2) is 8.32. The molecule has 2 heterocycles. The van der Waals surface area contributed by atoms with Crippen LogP contribution in [0.2, 0.25) is 0 Å². The minimum absolute atomic E-state index is 0.156. The Labute approximate surface area is 187 Å². The van der Waals surface area contributed by atoms with Crippen molar-refractivity contribution in [1.82, 2.24) is 14.3 Å². The van der Waals surface area contributed by atoms with Crippen molar-refractivity contribution in [3.63, 3.8) is 0 Å². The first-order chi connectivity index (χ1) is 15.6. The molecule has 0 bridgehead atoms. The van der Waals surface area contributed by atoms with Gasteiger partial charge in [-0.2, -0.15) is 9.36 Å². The largest absolute Gasteiger partial charge is 0.301 e. The minimum atomic E-state index is -0.323. The highest BCUT2D eigenvalue weighted by Crippen LogP contribution is 2.30. The average molecular weight is 443 g/mol. The Kier molecular flexibility index (Phi) is 5.20. The van der Waals surface area contributed by atoms with Gasteiger partial charge in [-0.15, -0.1) is 0 Å². The zero-order chi connectivity index (χ0) is 22.1. The maximum absolute atomic E-state index is 12.9. The first-order valence-electron chi connectivity index (χ1n) is 10.2. The van der Waals surface area contributed by atoms with E-state index < -0.39 is 0 Å². The van der Waals surface area contributed by atoms with E-state index in [2.05, 4.69) is 14.7 Å². The third kappa shape index (κ3) is 3.65. The summed E-state index contributed by atoms with van der Waals surface area (Å²) in [5.74, 6) is -0.323. The van der Waals surface area contributed by atoms with Crippen molar-refractivity contribution in [2.75, 3.05) is 11.9 Å². The second-order valence-corrected chi connectivity index (χ2v) is 8.16.